The summed E-state index contributed by atoms with van der Waals surface area (Å²) in [4.78, 5) is 2.46. The SMILES string of the molecule is [N-]=[N+]=NCC(O)C(O)c1cc(F)ccc1Br. The summed E-state index contributed by atoms with van der Waals surface area (Å²) in [6.45, 7) is -0.277. The van der Waals surface area contributed by atoms with E-state index in [0.717, 1.165) is 6.07 Å². The minimum absolute atomic E-state index is 0.209. The molecule has 0 saturated carbocycles. The van der Waals surface area contributed by atoms with Crippen LogP contribution in [-0.2, 0) is 0 Å². The van der Waals surface area contributed by atoms with Gasteiger partial charge in [0, 0.05) is 14.9 Å². The molecule has 0 aliphatic carbocycles. The molecule has 0 heterocycles. The van der Waals surface area contributed by atoms with Gasteiger partial charge in [0.2, 0.25) is 0 Å². The lowest BCUT2D eigenvalue weighted by Gasteiger charge is -2.17. The number of halogens is 2. The molecule has 2 N–H and O–H groups in total. The van der Waals surface area contributed by atoms with Crippen molar-refractivity contribution in [2.75, 3.05) is 6.54 Å². The van der Waals surface area contributed by atoms with Crippen molar-refractivity contribution in [2.24, 2.45) is 5.11 Å². The second kappa shape index (κ2) is 5.81. The first-order valence-electron chi connectivity index (χ1n) is 4.38. The lowest BCUT2D eigenvalue weighted by Crippen LogP contribution is -2.21. The topological polar surface area (TPSA) is 89.2 Å². The summed E-state index contributed by atoms with van der Waals surface area (Å²) in [6, 6.07) is 3.75. The average molecular weight is 290 g/mol. The van der Waals surface area contributed by atoms with E-state index in [4.69, 9.17) is 5.53 Å². The molecule has 0 fully saturated rings. The molecule has 2 atom stereocenters. The highest BCUT2D eigenvalue weighted by molar-refractivity contribution is 9.10. The zero-order valence-corrected chi connectivity index (χ0v) is 9.67. The number of aliphatic hydroxyl groups is 2. The monoisotopic (exact) mass is 289 g/mol. The van der Waals surface area contributed by atoms with Crippen LogP contribution in [0, 0.1) is 5.82 Å². The Labute approximate surface area is 99.3 Å². The summed E-state index contributed by atoms with van der Waals surface area (Å²) in [7, 11) is 0. The molecule has 0 saturated heterocycles. The molecule has 0 aliphatic rings. The van der Waals surface area contributed by atoms with Crippen molar-refractivity contribution >= 4 is 15.9 Å². The van der Waals surface area contributed by atoms with Crippen molar-refractivity contribution in [2.45, 2.75) is 12.2 Å². The van der Waals surface area contributed by atoms with Gasteiger partial charge in [0.25, 0.3) is 0 Å². The first-order valence-corrected chi connectivity index (χ1v) is 5.17. The first kappa shape index (κ1) is 12.9. The molecule has 1 rings (SSSR count). The summed E-state index contributed by atoms with van der Waals surface area (Å²) in [6.07, 6.45) is -2.58. The number of benzene rings is 1. The minimum Gasteiger partial charge on any atom is -0.390 e. The fourth-order valence-electron chi connectivity index (χ4n) is 1.17. The van der Waals surface area contributed by atoms with Crippen molar-refractivity contribution < 1.29 is 14.6 Å². The molecule has 0 spiro atoms. The standard InChI is InChI=1S/C9H9BrFN3O2/c10-7-2-1-5(11)3-6(7)9(16)8(15)4-13-14-12/h1-3,8-9,15-16H,4H2. The van der Waals surface area contributed by atoms with Crippen molar-refractivity contribution in [1.29, 1.82) is 0 Å². The van der Waals surface area contributed by atoms with E-state index in [1.54, 1.807) is 0 Å². The Morgan fingerprint density at radius 1 is 1.50 bits per heavy atom. The molecule has 2 unspecified atom stereocenters. The maximum atomic E-state index is 12.9. The molecule has 1 aromatic carbocycles. The summed E-state index contributed by atoms with van der Waals surface area (Å²) in [5.74, 6) is -0.520. The van der Waals surface area contributed by atoms with Gasteiger partial charge in [0.05, 0.1) is 12.6 Å². The van der Waals surface area contributed by atoms with Gasteiger partial charge in [-0.1, -0.05) is 21.0 Å². The van der Waals surface area contributed by atoms with Crippen LogP contribution in [0.2, 0.25) is 0 Å². The van der Waals surface area contributed by atoms with E-state index >= 15 is 0 Å². The predicted molar refractivity (Wildman–Crippen MR) is 59.1 cm³/mol. The quantitative estimate of drug-likeness (QED) is 0.506. The van der Waals surface area contributed by atoms with E-state index in [1.165, 1.54) is 12.1 Å². The van der Waals surface area contributed by atoms with Crippen molar-refractivity contribution in [3.05, 3.63) is 44.5 Å². The van der Waals surface area contributed by atoms with Gasteiger partial charge >= 0.3 is 0 Å². The largest absolute Gasteiger partial charge is 0.390 e. The highest BCUT2D eigenvalue weighted by Crippen LogP contribution is 2.26. The van der Waals surface area contributed by atoms with Crippen LogP contribution in [-0.4, -0.2) is 22.9 Å². The zero-order valence-electron chi connectivity index (χ0n) is 8.09. The van der Waals surface area contributed by atoms with Crippen LogP contribution in [0.1, 0.15) is 11.7 Å². The van der Waals surface area contributed by atoms with Gasteiger partial charge in [0.15, 0.2) is 0 Å². The summed E-state index contributed by atoms with van der Waals surface area (Å²) in [5.41, 5.74) is 8.27. The van der Waals surface area contributed by atoms with Gasteiger partial charge < -0.3 is 10.2 Å². The Morgan fingerprint density at radius 3 is 2.81 bits per heavy atom. The van der Waals surface area contributed by atoms with E-state index in [9.17, 15) is 14.6 Å². The maximum Gasteiger partial charge on any atom is 0.123 e. The van der Waals surface area contributed by atoms with Crippen molar-refractivity contribution in [3.63, 3.8) is 0 Å². The van der Waals surface area contributed by atoms with Gasteiger partial charge in [-0.3, -0.25) is 0 Å². The number of hydrogen-bond acceptors (Lipinski definition) is 3. The van der Waals surface area contributed by atoms with Crippen LogP contribution in [0.4, 0.5) is 4.39 Å². The lowest BCUT2D eigenvalue weighted by atomic mass is 10.0. The average Bonchev–Trinajstić information content (AvgIpc) is 2.28. The fraction of sp³-hybridized carbons (Fsp3) is 0.333. The molecule has 16 heavy (non-hydrogen) atoms. The molecule has 0 aliphatic heterocycles. The number of azide groups is 1. The van der Waals surface area contributed by atoms with Crippen LogP contribution < -0.4 is 0 Å². The Morgan fingerprint density at radius 2 is 2.19 bits per heavy atom. The van der Waals surface area contributed by atoms with E-state index in [1.807, 2.05) is 0 Å². The number of hydrogen-bond donors (Lipinski definition) is 2. The Hall–Kier alpha value is -1.14. The second-order valence-electron chi connectivity index (χ2n) is 3.09. The Kier molecular flexibility index (Phi) is 4.70. The summed E-state index contributed by atoms with van der Waals surface area (Å²) >= 11 is 3.13. The third-order valence-corrected chi connectivity index (χ3v) is 2.70. The van der Waals surface area contributed by atoms with E-state index in [2.05, 4.69) is 26.0 Å². The van der Waals surface area contributed by atoms with Crippen LogP contribution in [0.15, 0.2) is 27.8 Å². The lowest BCUT2D eigenvalue weighted by molar-refractivity contribution is 0.0238. The van der Waals surface area contributed by atoms with Gasteiger partial charge in [-0.05, 0) is 23.7 Å². The van der Waals surface area contributed by atoms with Crippen LogP contribution in [0.5, 0.6) is 0 Å². The number of rotatable bonds is 4. The third-order valence-electron chi connectivity index (χ3n) is 1.97. The number of nitrogens with zero attached hydrogens (tertiary/aromatic N) is 3. The van der Waals surface area contributed by atoms with Gasteiger partial charge in [-0.25, -0.2) is 4.39 Å². The second-order valence-corrected chi connectivity index (χ2v) is 3.95. The summed E-state index contributed by atoms with van der Waals surface area (Å²) in [5, 5.41) is 22.3. The van der Waals surface area contributed by atoms with E-state index < -0.39 is 18.0 Å². The maximum absolute atomic E-state index is 12.9. The fourth-order valence-corrected chi connectivity index (χ4v) is 1.65. The molecule has 0 aromatic heterocycles. The highest BCUT2D eigenvalue weighted by Gasteiger charge is 2.20. The molecule has 7 heteroatoms. The van der Waals surface area contributed by atoms with Gasteiger partial charge in [-0.2, -0.15) is 0 Å². The highest BCUT2D eigenvalue weighted by atomic mass is 79.9. The molecular weight excluding hydrogens is 281 g/mol. The summed E-state index contributed by atoms with van der Waals surface area (Å²) < 4.78 is 13.4. The van der Waals surface area contributed by atoms with E-state index in [-0.39, 0.29) is 12.1 Å². The Bertz CT molecular complexity index is 423. The molecule has 0 bridgehead atoms. The minimum atomic E-state index is -1.31. The predicted octanol–water partition coefficient (Wildman–Crippen LogP) is 2.29. The van der Waals surface area contributed by atoms with Crippen molar-refractivity contribution in [1.82, 2.24) is 0 Å². The smallest absolute Gasteiger partial charge is 0.123 e. The first-order chi connectivity index (χ1) is 7.56. The van der Waals surface area contributed by atoms with Crippen LogP contribution in [0.3, 0.4) is 0 Å². The van der Waals surface area contributed by atoms with Crippen LogP contribution in [0.25, 0.3) is 10.4 Å². The zero-order chi connectivity index (χ0) is 12.1. The molecule has 86 valence electrons. The molecule has 0 radical (unpaired) electrons. The molecule has 5 nitrogen and oxygen atoms in total. The van der Waals surface area contributed by atoms with Crippen molar-refractivity contribution in [3.8, 4) is 0 Å². The third kappa shape index (κ3) is 3.18. The van der Waals surface area contributed by atoms with Crippen LogP contribution >= 0.6 is 15.9 Å². The molecular formula is C9H9BrFN3O2. The van der Waals surface area contributed by atoms with Gasteiger partial charge in [0.1, 0.15) is 11.9 Å². The number of aliphatic hydroxyl groups excluding tert-OH is 2. The van der Waals surface area contributed by atoms with E-state index in [0.29, 0.717) is 4.47 Å². The molecule has 1 aromatic rings. The van der Waals surface area contributed by atoms with Gasteiger partial charge in [-0.15, -0.1) is 0 Å². The Balaban J connectivity index is 2.90. The normalized spacial score (nSPS) is 14.0. The molecule has 0 amide bonds.